The van der Waals surface area contributed by atoms with Gasteiger partial charge in [0, 0.05) is 41.9 Å². The van der Waals surface area contributed by atoms with Crippen LogP contribution in [0.25, 0.3) is 11.4 Å². The predicted octanol–water partition coefficient (Wildman–Crippen LogP) is 3.90. The van der Waals surface area contributed by atoms with E-state index in [9.17, 15) is 4.79 Å². The summed E-state index contributed by atoms with van der Waals surface area (Å²) in [6.07, 6.45) is 7.65. The summed E-state index contributed by atoms with van der Waals surface area (Å²) in [5, 5.41) is 7.33. The fourth-order valence-corrected chi connectivity index (χ4v) is 2.98. The first kappa shape index (κ1) is 16.8. The number of amides is 1. The van der Waals surface area contributed by atoms with E-state index in [2.05, 4.69) is 10.4 Å². The zero-order valence-electron chi connectivity index (χ0n) is 15.0. The van der Waals surface area contributed by atoms with E-state index in [1.165, 1.54) is 0 Å². The number of hydrogen-bond donors (Lipinski definition) is 1. The molecule has 0 unspecified atom stereocenters. The van der Waals surface area contributed by atoms with Gasteiger partial charge in [0.1, 0.15) is 0 Å². The number of para-hydroxylation sites is 1. The molecule has 4 rings (SSSR count). The second kappa shape index (κ2) is 7.33. The van der Waals surface area contributed by atoms with Gasteiger partial charge in [-0.05, 0) is 48.9 Å². The van der Waals surface area contributed by atoms with Gasteiger partial charge in [0.25, 0.3) is 5.91 Å². The monoisotopic (exact) mass is 356 g/mol. The van der Waals surface area contributed by atoms with Gasteiger partial charge >= 0.3 is 0 Å². The third-order valence-electron chi connectivity index (χ3n) is 4.46. The number of nitrogens with zero attached hydrogens (tertiary/aromatic N) is 3. The molecule has 0 fully saturated rings. The second-order valence-corrected chi connectivity index (χ2v) is 6.40. The summed E-state index contributed by atoms with van der Waals surface area (Å²) in [6.45, 7) is 2.47. The van der Waals surface area contributed by atoms with E-state index >= 15 is 0 Å². The predicted molar refractivity (Wildman–Crippen MR) is 105 cm³/mol. The van der Waals surface area contributed by atoms with Gasteiger partial charge < -0.3 is 9.88 Å². The Kier molecular flexibility index (Phi) is 4.58. The number of carbonyl (C=O) groups excluding carboxylic acids is 1. The van der Waals surface area contributed by atoms with Gasteiger partial charge in [0.05, 0.1) is 11.9 Å². The van der Waals surface area contributed by atoms with Crippen molar-refractivity contribution in [2.75, 3.05) is 0 Å². The number of benzene rings is 2. The number of rotatable bonds is 5. The first-order chi connectivity index (χ1) is 13.2. The molecule has 5 heteroatoms. The molecule has 4 aromatic rings. The number of hydrogen-bond acceptors (Lipinski definition) is 2. The van der Waals surface area contributed by atoms with Crippen LogP contribution in [0.1, 0.15) is 21.5 Å². The van der Waals surface area contributed by atoms with Crippen molar-refractivity contribution in [3.63, 3.8) is 0 Å². The molecule has 2 aromatic heterocycles. The molecule has 0 radical (unpaired) electrons. The number of nitrogens with one attached hydrogen (secondary N) is 1. The third-order valence-corrected chi connectivity index (χ3v) is 4.46. The van der Waals surface area contributed by atoms with Crippen LogP contribution in [0.3, 0.4) is 0 Å². The normalized spacial score (nSPS) is 10.7. The van der Waals surface area contributed by atoms with Crippen LogP contribution in [0.15, 0.2) is 85.5 Å². The summed E-state index contributed by atoms with van der Waals surface area (Å²) >= 11 is 0. The highest BCUT2D eigenvalue weighted by atomic mass is 16.1. The summed E-state index contributed by atoms with van der Waals surface area (Å²) in [6, 6.07) is 19.6. The zero-order valence-corrected chi connectivity index (χ0v) is 15.0. The van der Waals surface area contributed by atoms with E-state index in [0.29, 0.717) is 12.1 Å². The first-order valence-electron chi connectivity index (χ1n) is 8.82. The van der Waals surface area contributed by atoms with E-state index in [-0.39, 0.29) is 5.91 Å². The van der Waals surface area contributed by atoms with Crippen molar-refractivity contribution in [2.24, 2.45) is 0 Å². The molecule has 0 aliphatic carbocycles. The molecule has 1 N–H and O–H groups in total. The molecule has 2 aromatic carbocycles. The van der Waals surface area contributed by atoms with Gasteiger partial charge in [-0.1, -0.05) is 24.3 Å². The maximum Gasteiger partial charge on any atom is 0.251 e. The average molecular weight is 356 g/mol. The van der Waals surface area contributed by atoms with Crippen LogP contribution < -0.4 is 5.32 Å². The molecule has 27 heavy (non-hydrogen) atoms. The van der Waals surface area contributed by atoms with Gasteiger partial charge in [-0.3, -0.25) is 4.79 Å². The summed E-state index contributed by atoms with van der Waals surface area (Å²) in [5.41, 5.74) is 4.70. The molecule has 0 spiro atoms. The van der Waals surface area contributed by atoms with E-state index in [0.717, 1.165) is 22.5 Å². The molecule has 134 valence electrons. The Bertz CT molecular complexity index is 1050. The Hall–Kier alpha value is -3.60. The summed E-state index contributed by atoms with van der Waals surface area (Å²) in [5.74, 6) is -0.101. The fourth-order valence-electron chi connectivity index (χ4n) is 2.98. The average Bonchev–Trinajstić information content (AvgIpc) is 3.39. The Morgan fingerprint density at radius 1 is 1.04 bits per heavy atom. The highest BCUT2D eigenvalue weighted by Crippen LogP contribution is 2.16. The summed E-state index contributed by atoms with van der Waals surface area (Å²) in [4.78, 5) is 12.6. The molecular weight excluding hydrogens is 336 g/mol. The minimum atomic E-state index is -0.101. The third kappa shape index (κ3) is 3.67. The van der Waals surface area contributed by atoms with Gasteiger partial charge in [0.2, 0.25) is 0 Å². The lowest BCUT2D eigenvalue weighted by Crippen LogP contribution is -2.22. The summed E-state index contributed by atoms with van der Waals surface area (Å²) < 4.78 is 3.81. The maximum absolute atomic E-state index is 12.6. The lowest BCUT2D eigenvalue weighted by molar-refractivity contribution is 0.0951. The molecular formula is C22H20N4O. The Morgan fingerprint density at radius 2 is 1.81 bits per heavy atom. The minimum Gasteiger partial charge on any atom is -0.348 e. The van der Waals surface area contributed by atoms with Crippen molar-refractivity contribution >= 4 is 5.91 Å². The molecule has 2 heterocycles. The van der Waals surface area contributed by atoms with Crippen molar-refractivity contribution in [1.29, 1.82) is 0 Å². The standard InChI is InChI=1S/C22H20N4O/c1-17-9-10-19(13-21(17)25-11-5-6-12-25)22(27)23-14-18-15-24-26(16-18)20-7-3-2-4-8-20/h2-13,15-16H,14H2,1H3,(H,23,27). The second-order valence-electron chi connectivity index (χ2n) is 6.40. The van der Waals surface area contributed by atoms with Crippen molar-refractivity contribution in [3.8, 4) is 11.4 Å². The van der Waals surface area contributed by atoms with E-state index in [1.54, 1.807) is 10.9 Å². The molecule has 0 aliphatic heterocycles. The van der Waals surface area contributed by atoms with Crippen LogP contribution in [0, 0.1) is 6.92 Å². The molecule has 0 atom stereocenters. The van der Waals surface area contributed by atoms with Crippen LogP contribution in [0.4, 0.5) is 0 Å². The quantitative estimate of drug-likeness (QED) is 0.590. The van der Waals surface area contributed by atoms with Crippen LogP contribution in [0.5, 0.6) is 0 Å². The van der Waals surface area contributed by atoms with Crippen LogP contribution in [-0.2, 0) is 6.54 Å². The molecule has 0 aliphatic rings. The van der Waals surface area contributed by atoms with Gasteiger partial charge in [0.15, 0.2) is 0 Å². The van der Waals surface area contributed by atoms with Crippen LogP contribution in [-0.4, -0.2) is 20.3 Å². The number of aromatic nitrogens is 3. The fraction of sp³-hybridized carbons (Fsp3) is 0.0909. The molecule has 5 nitrogen and oxygen atoms in total. The molecule has 0 bridgehead atoms. The summed E-state index contributed by atoms with van der Waals surface area (Å²) in [7, 11) is 0. The van der Waals surface area contributed by atoms with Crippen molar-refractivity contribution in [1.82, 2.24) is 19.7 Å². The maximum atomic E-state index is 12.6. The highest BCUT2D eigenvalue weighted by molar-refractivity contribution is 5.94. The molecule has 1 amide bonds. The van der Waals surface area contributed by atoms with Crippen molar-refractivity contribution in [3.05, 3.63) is 102 Å². The number of carbonyl (C=O) groups is 1. The largest absolute Gasteiger partial charge is 0.348 e. The minimum absolute atomic E-state index is 0.101. The topological polar surface area (TPSA) is 51.9 Å². The molecule has 0 saturated heterocycles. The van der Waals surface area contributed by atoms with Crippen molar-refractivity contribution in [2.45, 2.75) is 13.5 Å². The Labute approximate surface area is 157 Å². The number of aryl methyl sites for hydroxylation is 1. The smallest absolute Gasteiger partial charge is 0.251 e. The first-order valence-corrected chi connectivity index (χ1v) is 8.82. The SMILES string of the molecule is Cc1ccc(C(=O)NCc2cnn(-c3ccccc3)c2)cc1-n1cccc1. The van der Waals surface area contributed by atoms with Crippen LogP contribution in [0.2, 0.25) is 0 Å². The lowest BCUT2D eigenvalue weighted by atomic mass is 10.1. The van der Waals surface area contributed by atoms with E-state index in [1.807, 2.05) is 90.7 Å². The van der Waals surface area contributed by atoms with Crippen molar-refractivity contribution < 1.29 is 4.79 Å². The lowest BCUT2D eigenvalue weighted by Gasteiger charge is -2.10. The van der Waals surface area contributed by atoms with Gasteiger partial charge in [-0.2, -0.15) is 5.10 Å². The van der Waals surface area contributed by atoms with Crippen LogP contribution >= 0.6 is 0 Å². The van der Waals surface area contributed by atoms with E-state index in [4.69, 9.17) is 0 Å². The Balaban J connectivity index is 1.46. The highest BCUT2D eigenvalue weighted by Gasteiger charge is 2.10. The molecule has 0 saturated carbocycles. The zero-order chi connectivity index (χ0) is 18.6. The Morgan fingerprint density at radius 3 is 2.59 bits per heavy atom. The van der Waals surface area contributed by atoms with E-state index < -0.39 is 0 Å². The van der Waals surface area contributed by atoms with Gasteiger partial charge in [-0.25, -0.2) is 4.68 Å². The van der Waals surface area contributed by atoms with Gasteiger partial charge in [-0.15, -0.1) is 0 Å².